The lowest BCUT2D eigenvalue weighted by Crippen LogP contribution is -2.03. The number of nitrogen functional groups attached to an aromatic ring is 1. The van der Waals surface area contributed by atoms with Crippen LogP contribution in [0, 0.1) is 0 Å². The molecule has 5 nitrogen and oxygen atoms in total. The first-order valence-electron chi connectivity index (χ1n) is 3.36. The lowest BCUT2D eigenvalue weighted by molar-refractivity contribution is 0.412. The van der Waals surface area contributed by atoms with E-state index in [1.165, 1.54) is 19.2 Å². The van der Waals surface area contributed by atoms with Gasteiger partial charge < -0.3 is 10.5 Å². The van der Waals surface area contributed by atoms with Gasteiger partial charge in [0.05, 0.1) is 12.8 Å². The van der Waals surface area contributed by atoms with Crippen molar-refractivity contribution in [2.75, 3.05) is 12.8 Å². The molecule has 0 aromatic heterocycles. The van der Waals surface area contributed by atoms with E-state index in [-0.39, 0.29) is 10.6 Å². The Morgan fingerprint density at radius 1 is 1.46 bits per heavy atom. The Hall–Kier alpha value is -1.27. The minimum atomic E-state index is -4.27. The highest BCUT2D eigenvalue weighted by atomic mass is 32.2. The van der Waals surface area contributed by atoms with Crippen molar-refractivity contribution in [3.05, 3.63) is 18.2 Å². The predicted molar refractivity (Wildman–Crippen MR) is 47.2 cm³/mol. The number of hydrogen-bond donors (Lipinski definition) is 2. The molecule has 0 amide bonds. The highest BCUT2D eigenvalue weighted by Crippen LogP contribution is 2.23. The maximum atomic E-state index is 10.7. The minimum absolute atomic E-state index is 0.0108. The maximum absolute atomic E-state index is 10.7. The van der Waals surface area contributed by atoms with Crippen molar-refractivity contribution < 1.29 is 17.7 Å². The molecule has 13 heavy (non-hydrogen) atoms. The van der Waals surface area contributed by atoms with E-state index in [0.717, 1.165) is 6.07 Å². The standard InChI is InChI=1S/C7H9NO4S/c1-12-5-2-3-6(8)7(4-5)13(9,10)11/h2-4H,8H2,1H3,(H,9,10,11). The fourth-order valence-electron chi connectivity index (χ4n) is 0.865. The molecule has 1 aromatic rings. The lowest BCUT2D eigenvalue weighted by Gasteiger charge is -2.04. The van der Waals surface area contributed by atoms with Crippen LogP contribution in [0.1, 0.15) is 0 Å². The van der Waals surface area contributed by atoms with Gasteiger partial charge in [0.15, 0.2) is 0 Å². The second-order valence-electron chi connectivity index (χ2n) is 2.38. The number of nitrogens with two attached hydrogens (primary N) is 1. The van der Waals surface area contributed by atoms with Gasteiger partial charge in [-0.05, 0) is 12.1 Å². The summed E-state index contributed by atoms with van der Waals surface area (Å²) in [5.41, 5.74) is 5.32. The summed E-state index contributed by atoms with van der Waals surface area (Å²) in [5.74, 6) is 0.321. The van der Waals surface area contributed by atoms with Crippen molar-refractivity contribution in [3.8, 4) is 5.75 Å². The van der Waals surface area contributed by atoms with E-state index in [9.17, 15) is 8.42 Å². The molecule has 0 spiro atoms. The molecular weight excluding hydrogens is 194 g/mol. The summed E-state index contributed by atoms with van der Waals surface area (Å²) in [7, 11) is -2.88. The molecular formula is C7H9NO4S. The first kappa shape index (κ1) is 9.82. The van der Waals surface area contributed by atoms with Crippen LogP contribution >= 0.6 is 0 Å². The summed E-state index contributed by atoms with van der Waals surface area (Å²) < 4.78 is 35.0. The van der Waals surface area contributed by atoms with Crippen molar-refractivity contribution in [2.24, 2.45) is 0 Å². The number of benzene rings is 1. The number of ether oxygens (including phenoxy) is 1. The molecule has 0 aliphatic carbocycles. The summed E-state index contributed by atoms with van der Waals surface area (Å²) >= 11 is 0. The number of methoxy groups -OCH3 is 1. The van der Waals surface area contributed by atoms with Gasteiger partial charge in [-0.3, -0.25) is 4.55 Å². The Morgan fingerprint density at radius 3 is 2.54 bits per heavy atom. The quantitative estimate of drug-likeness (QED) is 0.540. The smallest absolute Gasteiger partial charge is 0.296 e. The maximum Gasteiger partial charge on any atom is 0.296 e. The fraction of sp³-hybridized carbons (Fsp3) is 0.143. The van der Waals surface area contributed by atoms with Gasteiger partial charge in [-0.1, -0.05) is 0 Å². The molecule has 0 unspecified atom stereocenters. The van der Waals surface area contributed by atoms with E-state index >= 15 is 0 Å². The van der Waals surface area contributed by atoms with Crippen LogP contribution in [0.3, 0.4) is 0 Å². The van der Waals surface area contributed by atoms with E-state index < -0.39 is 10.1 Å². The Balaban J connectivity index is 3.36. The van der Waals surface area contributed by atoms with E-state index in [1.54, 1.807) is 0 Å². The second kappa shape index (κ2) is 3.23. The molecule has 72 valence electrons. The molecule has 3 N–H and O–H groups in total. The SMILES string of the molecule is COc1ccc(N)c(S(=O)(=O)O)c1. The molecule has 1 aromatic carbocycles. The van der Waals surface area contributed by atoms with Gasteiger partial charge in [-0.25, -0.2) is 0 Å². The van der Waals surface area contributed by atoms with Crippen LogP contribution in [0.5, 0.6) is 5.75 Å². The second-order valence-corrected chi connectivity index (χ2v) is 3.77. The van der Waals surface area contributed by atoms with E-state index in [4.69, 9.17) is 15.0 Å². The Labute approximate surface area is 75.9 Å². The van der Waals surface area contributed by atoms with Crippen molar-refractivity contribution in [1.29, 1.82) is 0 Å². The first-order chi connectivity index (χ1) is 5.95. The Kier molecular flexibility index (Phi) is 2.44. The van der Waals surface area contributed by atoms with Gasteiger partial charge >= 0.3 is 0 Å². The molecule has 6 heteroatoms. The third-order valence-electron chi connectivity index (χ3n) is 1.50. The van der Waals surface area contributed by atoms with Crippen molar-refractivity contribution in [1.82, 2.24) is 0 Å². The van der Waals surface area contributed by atoms with Crippen LogP contribution in [0.2, 0.25) is 0 Å². The van der Waals surface area contributed by atoms with Crippen LogP contribution < -0.4 is 10.5 Å². The van der Waals surface area contributed by atoms with Gasteiger partial charge in [0, 0.05) is 6.07 Å². The zero-order chi connectivity index (χ0) is 10.1. The molecule has 0 atom stereocenters. The summed E-state index contributed by atoms with van der Waals surface area (Å²) in [4.78, 5) is -0.341. The van der Waals surface area contributed by atoms with Crippen LogP contribution in [0.15, 0.2) is 23.1 Å². The molecule has 1 rings (SSSR count). The third kappa shape index (κ3) is 2.10. The zero-order valence-corrected chi connectivity index (χ0v) is 7.71. The average Bonchev–Trinajstić information content (AvgIpc) is 2.03. The Morgan fingerprint density at radius 2 is 2.08 bits per heavy atom. The van der Waals surface area contributed by atoms with Crippen LogP contribution in [0.4, 0.5) is 5.69 Å². The minimum Gasteiger partial charge on any atom is -0.497 e. The molecule has 0 saturated heterocycles. The molecule has 0 radical (unpaired) electrons. The fourth-order valence-corrected chi connectivity index (χ4v) is 1.50. The lowest BCUT2D eigenvalue weighted by atomic mass is 10.3. The van der Waals surface area contributed by atoms with E-state index in [0.29, 0.717) is 5.75 Å². The Bertz CT molecular complexity index is 413. The monoisotopic (exact) mass is 203 g/mol. The summed E-state index contributed by atoms with van der Waals surface area (Å²) in [6.07, 6.45) is 0. The summed E-state index contributed by atoms with van der Waals surface area (Å²) in [6.45, 7) is 0. The molecule has 0 bridgehead atoms. The average molecular weight is 203 g/mol. The largest absolute Gasteiger partial charge is 0.497 e. The van der Waals surface area contributed by atoms with Gasteiger partial charge in [-0.15, -0.1) is 0 Å². The third-order valence-corrected chi connectivity index (χ3v) is 2.41. The predicted octanol–water partition coefficient (Wildman–Crippen LogP) is 0.524. The van der Waals surface area contributed by atoms with Gasteiger partial charge in [0.25, 0.3) is 10.1 Å². The normalized spacial score (nSPS) is 11.2. The van der Waals surface area contributed by atoms with Gasteiger partial charge in [-0.2, -0.15) is 8.42 Å². The van der Waals surface area contributed by atoms with Gasteiger partial charge in [0.2, 0.25) is 0 Å². The molecule has 0 aliphatic heterocycles. The van der Waals surface area contributed by atoms with Crippen LogP contribution in [-0.4, -0.2) is 20.1 Å². The molecule has 0 fully saturated rings. The first-order valence-corrected chi connectivity index (χ1v) is 4.80. The number of anilines is 1. The van der Waals surface area contributed by atoms with Crippen molar-refractivity contribution >= 4 is 15.8 Å². The van der Waals surface area contributed by atoms with Crippen molar-refractivity contribution in [3.63, 3.8) is 0 Å². The van der Waals surface area contributed by atoms with E-state index in [1.807, 2.05) is 0 Å². The zero-order valence-electron chi connectivity index (χ0n) is 6.89. The van der Waals surface area contributed by atoms with Crippen LogP contribution in [-0.2, 0) is 10.1 Å². The van der Waals surface area contributed by atoms with Crippen molar-refractivity contribution in [2.45, 2.75) is 4.90 Å². The van der Waals surface area contributed by atoms with Crippen LogP contribution in [0.25, 0.3) is 0 Å². The molecule has 0 aliphatic rings. The number of hydrogen-bond acceptors (Lipinski definition) is 4. The summed E-state index contributed by atoms with van der Waals surface area (Å²) in [6, 6.07) is 4.01. The molecule has 0 saturated carbocycles. The summed E-state index contributed by atoms with van der Waals surface area (Å²) in [5, 5.41) is 0. The van der Waals surface area contributed by atoms with E-state index in [2.05, 4.69) is 0 Å². The van der Waals surface area contributed by atoms with Gasteiger partial charge in [0.1, 0.15) is 10.6 Å². The highest BCUT2D eigenvalue weighted by molar-refractivity contribution is 7.86. The number of rotatable bonds is 2. The topological polar surface area (TPSA) is 89.6 Å². The highest BCUT2D eigenvalue weighted by Gasteiger charge is 2.14. The molecule has 0 heterocycles.